The topological polar surface area (TPSA) is 56.2 Å². The number of hydrogen-bond donors (Lipinski definition) is 0. The monoisotopic (exact) mass is 434 g/mol. The van der Waals surface area contributed by atoms with Crippen LogP contribution in [0.5, 0.6) is 0 Å². The molecule has 0 N–H and O–H groups in total. The third kappa shape index (κ3) is 3.25. The van der Waals surface area contributed by atoms with Crippen molar-refractivity contribution >= 4 is 40.0 Å². The zero-order chi connectivity index (χ0) is 15.6. The average Bonchev–Trinajstić information content (AvgIpc) is 3.21. The Bertz CT molecular complexity index is 965. The van der Waals surface area contributed by atoms with Gasteiger partial charge in [-0.2, -0.15) is 0 Å². The minimum Gasteiger partial charge on any atom is -0.411 e. The number of nitrogens with zero attached hydrogens (tertiary/aromatic N) is 4. The second-order valence-electron chi connectivity index (χ2n) is 4.90. The maximum atomic E-state index is 5.75. The fraction of sp³-hybridized carbons (Fsp3) is 0.0625. The molecule has 0 bridgehead atoms. The van der Waals surface area contributed by atoms with E-state index in [1.807, 2.05) is 28.9 Å². The number of thioether (sulfide) groups is 1. The molecule has 4 aromatic rings. The van der Waals surface area contributed by atoms with Gasteiger partial charge in [-0.25, -0.2) is 4.98 Å². The molecule has 0 unspecified atom stereocenters. The van der Waals surface area contributed by atoms with Gasteiger partial charge in [0.05, 0.1) is 5.56 Å². The highest BCUT2D eigenvalue weighted by molar-refractivity contribution is 14.1. The van der Waals surface area contributed by atoms with E-state index in [0.29, 0.717) is 11.1 Å². The quantitative estimate of drug-likeness (QED) is 0.355. The fourth-order valence-corrected chi connectivity index (χ4v) is 3.52. The van der Waals surface area contributed by atoms with Crippen molar-refractivity contribution < 1.29 is 4.42 Å². The Labute approximate surface area is 150 Å². The van der Waals surface area contributed by atoms with Gasteiger partial charge >= 0.3 is 0 Å². The number of benzene rings is 1. The average molecular weight is 434 g/mol. The van der Waals surface area contributed by atoms with Crippen LogP contribution in [-0.2, 0) is 5.75 Å². The van der Waals surface area contributed by atoms with E-state index in [1.165, 1.54) is 9.13 Å². The first-order chi connectivity index (χ1) is 11.3. The maximum absolute atomic E-state index is 5.75. The van der Waals surface area contributed by atoms with Crippen molar-refractivity contribution in [3.8, 4) is 11.5 Å². The Hall–Kier alpha value is -1.87. The fourth-order valence-electron chi connectivity index (χ4n) is 2.20. The predicted molar refractivity (Wildman–Crippen MR) is 97.2 cm³/mol. The second-order valence-corrected chi connectivity index (χ2v) is 7.07. The minimum atomic E-state index is 0.519. The summed E-state index contributed by atoms with van der Waals surface area (Å²) >= 11 is 3.85. The summed E-state index contributed by atoms with van der Waals surface area (Å²) < 4.78 is 8.90. The molecule has 0 saturated heterocycles. The van der Waals surface area contributed by atoms with Crippen molar-refractivity contribution in [3.63, 3.8) is 0 Å². The molecule has 1 aromatic carbocycles. The summed E-state index contributed by atoms with van der Waals surface area (Å²) in [5, 5.41) is 8.83. The summed E-state index contributed by atoms with van der Waals surface area (Å²) in [6.45, 7) is 0. The lowest BCUT2D eigenvalue weighted by atomic mass is 10.2. The summed E-state index contributed by atoms with van der Waals surface area (Å²) in [5.74, 6) is 1.32. The van der Waals surface area contributed by atoms with Crippen molar-refractivity contribution in [1.29, 1.82) is 0 Å². The summed E-state index contributed by atoms with van der Waals surface area (Å²) in [6.07, 6.45) is 5.58. The van der Waals surface area contributed by atoms with Crippen molar-refractivity contribution in [2.24, 2.45) is 0 Å². The molecule has 4 rings (SSSR count). The minimum absolute atomic E-state index is 0.519. The molecule has 23 heavy (non-hydrogen) atoms. The van der Waals surface area contributed by atoms with E-state index in [-0.39, 0.29) is 0 Å². The van der Waals surface area contributed by atoms with Crippen LogP contribution < -0.4 is 0 Å². The Kier molecular flexibility index (Phi) is 4.04. The van der Waals surface area contributed by atoms with Crippen LogP contribution in [-0.4, -0.2) is 19.6 Å². The number of imidazole rings is 1. The number of fused-ring (bicyclic) bond motifs is 1. The van der Waals surface area contributed by atoms with E-state index in [9.17, 15) is 0 Å². The molecule has 0 fully saturated rings. The van der Waals surface area contributed by atoms with Crippen LogP contribution in [0.2, 0.25) is 0 Å². The largest absolute Gasteiger partial charge is 0.411 e. The van der Waals surface area contributed by atoms with Gasteiger partial charge in [0.15, 0.2) is 0 Å². The molecule has 114 valence electrons. The molecule has 3 aromatic heterocycles. The second kappa shape index (κ2) is 6.32. The van der Waals surface area contributed by atoms with Crippen LogP contribution in [0.3, 0.4) is 0 Å². The molecule has 0 radical (unpaired) electrons. The van der Waals surface area contributed by atoms with E-state index in [1.54, 1.807) is 18.0 Å². The van der Waals surface area contributed by atoms with Gasteiger partial charge in [0.25, 0.3) is 5.22 Å². The highest BCUT2D eigenvalue weighted by Gasteiger charge is 2.10. The molecule has 0 amide bonds. The van der Waals surface area contributed by atoms with Crippen LogP contribution in [0.1, 0.15) is 5.56 Å². The van der Waals surface area contributed by atoms with E-state index in [2.05, 4.69) is 62.0 Å². The number of hydrogen-bond acceptors (Lipinski definition) is 5. The zero-order valence-corrected chi connectivity index (χ0v) is 14.9. The molecular formula is C16H11IN4OS. The van der Waals surface area contributed by atoms with Gasteiger partial charge in [-0.3, -0.25) is 0 Å². The van der Waals surface area contributed by atoms with E-state index < -0.39 is 0 Å². The Balaban J connectivity index is 1.52. The Morgan fingerprint density at radius 1 is 1.17 bits per heavy atom. The summed E-state index contributed by atoms with van der Waals surface area (Å²) in [7, 11) is 0. The first-order valence-corrected chi connectivity index (χ1v) is 8.98. The maximum Gasteiger partial charge on any atom is 0.277 e. The molecule has 0 atom stereocenters. The number of rotatable bonds is 4. The van der Waals surface area contributed by atoms with Gasteiger partial charge in [0, 0.05) is 27.9 Å². The molecule has 0 aliphatic carbocycles. The Morgan fingerprint density at radius 2 is 2.13 bits per heavy atom. The lowest BCUT2D eigenvalue weighted by Gasteiger charge is -1.99. The van der Waals surface area contributed by atoms with Crippen LogP contribution >= 0.6 is 34.4 Å². The highest BCUT2D eigenvalue weighted by Crippen LogP contribution is 2.26. The van der Waals surface area contributed by atoms with Crippen molar-refractivity contribution in [2.45, 2.75) is 11.0 Å². The smallest absolute Gasteiger partial charge is 0.277 e. The molecule has 0 saturated carbocycles. The van der Waals surface area contributed by atoms with Gasteiger partial charge in [0.1, 0.15) is 5.65 Å². The van der Waals surface area contributed by atoms with Crippen LogP contribution in [0.15, 0.2) is 64.6 Å². The molecule has 3 heterocycles. The van der Waals surface area contributed by atoms with Gasteiger partial charge < -0.3 is 8.82 Å². The van der Waals surface area contributed by atoms with E-state index >= 15 is 0 Å². The third-order valence-corrected chi connectivity index (χ3v) is 4.85. The van der Waals surface area contributed by atoms with Crippen molar-refractivity contribution in [2.75, 3.05) is 0 Å². The molecule has 0 aliphatic heterocycles. The first-order valence-electron chi connectivity index (χ1n) is 6.92. The van der Waals surface area contributed by atoms with Crippen LogP contribution in [0.4, 0.5) is 0 Å². The normalized spacial score (nSPS) is 11.2. The summed E-state index contributed by atoms with van der Waals surface area (Å²) in [6, 6.07) is 12.2. The standard InChI is InChI=1S/C16H11IN4OS/c17-13-3-1-2-11(8-13)10-23-16-20-19-15(22-16)12-4-5-14-18-6-7-21(14)9-12/h1-9H,10H2. The van der Waals surface area contributed by atoms with Gasteiger partial charge in [-0.1, -0.05) is 23.9 Å². The van der Waals surface area contributed by atoms with Crippen molar-refractivity contribution in [1.82, 2.24) is 19.6 Å². The third-order valence-electron chi connectivity index (χ3n) is 3.29. The van der Waals surface area contributed by atoms with E-state index in [0.717, 1.165) is 17.0 Å². The highest BCUT2D eigenvalue weighted by atomic mass is 127. The Morgan fingerprint density at radius 3 is 3.04 bits per heavy atom. The SMILES string of the molecule is Ic1cccc(CSc2nnc(-c3ccc4nccn4c3)o2)c1. The van der Waals surface area contributed by atoms with Gasteiger partial charge in [-0.05, 0) is 52.4 Å². The molecule has 0 aliphatic rings. The lowest BCUT2D eigenvalue weighted by molar-refractivity contribution is 0.465. The summed E-state index contributed by atoms with van der Waals surface area (Å²) in [5.41, 5.74) is 3.01. The number of pyridine rings is 1. The van der Waals surface area contributed by atoms with Crippen LogP contribution in [0, 0.1) is 3.57 Å². The van der Waals surface area contributed by atoms with Gasteiger partial charge in [-0.15, -0.1) is 10.2 Å². The first kappa shape index (κ1) is 14.7. The van der Waals surface area contributed by atoms with E-state index in [4.69, 9.17) is 4.42 Å². The molecular weight excluding hydrogens is 423 g/mol. The molecule has 5 nitrogen and oxygen atoms in total. The zero-order valence-electron chi connectivity index (χ0n) is 11.9. The van der Waals surface area contributed by atoms with Gasteiger partial charge in [0.2, 0.25) is 5.89 Å². The van der Waals surface area contributed by atoms with Crippen LogP contribution in [0.25, 0.3) is 17.1 Å². The number of aromatic nitrogens is 4. The predicted octanol–water partition coefficient (Wildman–Crippen LogP) is 4.28. The lowest BCUT2D eigenvalue weighted by Crippen LogP contribution is -1.85. The molecule has 0 spiro atoms. The number of halogens is 1. The molecule has 7 heteroatoms. The summed E-state index contributed by atoms with van der Waals surface area (Å²) in [4.78, 5) is 4.22. The van der Waals surface area contributed by atoms with Crippen molar-refractivity contribution in [3.05, 3.63) is 64.1 Å².